The van der Waals surface area contributed by atoms with Crippen LogP contribution in [0.25, 0.3) is 0 Å². The fourth-order valence-corrected chi connectivity index (χ4v) is 1.13. The van der Waals surface area contributed by atoms with E-state index in [0.717, 1.165) is 0 Å². The van der Waals surface area contributed by atoms with Gasteiger partial charge in [-0.3, -0.25) is 4.52 Å². The van der Waals surface area contributed by atoms with Crippen LogP contribution in [0.4, 0.5) is 0 Å². The van der Waals surface area contributed by atoms with Gasteiger partial charge in [-0.15, -0.1) is 0 Å². The molecule has 4 atom stereocenters. The van der Waals surface area contributed by atoms with Crippen molar-refractivity contribution in [3.05, 3.63) is 0 Å². The smallest absolute Gasteiger partial charge is 0.391 e. The Morgan fingerprint density at radius 2 is 1.60 bits per heavy atom. The molecule has 0 rings (SSSR count). The number of aliphatic hydroxyl groups is 4. The molecule has 0 amide bonds. The van der Waals surface area contributed by atoms with Gasteiger partial charge < -0.3 is 30.2 Å². The molecule has 0 aromatic rings. The van der Waals surface area contributed by atoms with E-state index in [1.165, 1.54) is 6.92 Å². The van der Waals surface area contributed by atoms with Gasteiger partial charge in [0.25, 0.3) is 0 Å². The molecule has 92 valence electrons. The molecule has 0 aliphatic carbocycles. The Labute approximate surface area is 86.0 Å². The molecule has 0 saturated heterocycles. The van der Waals surface area contributed by atoms with Gasteiger partial charge in [-0.1, -0.05) is 0 Å². The fraction of sp³-hybridized carbons (Fsp3) is 1.00. The maximum Gasteiger partial charge on any atom is 0.469 e. The lowest BCUT2D eigenvalue weighted by Gasteiger charge is -2.24. The highest BCUT2D eigenvalue weighted by Crippen LogP contribution is 2.35. The van der Waals surface area contributed by atoms with E-state index in [1.54, 1.807) is 0 Å². The highest BCUT2D eigenvalue weighted by atomic mass is 31.2. The summed E-state index contributed by atoms with van der Waals surface area (Å²) >= 11 is 0. The average Bonchev–Trinajstić information content (AvgIpc) is 2.10. The van der Waals surface area contributed by atoms with E-state index < -0.39 is 38.8 Å². The van der Waals surface area contributed by atoms with Gasteiger partial charge in [0.1, 0.15) is 18.3 Å². The molecule has 15 heavy (non-hydrogen) atoms. The molecule has 0 radical (unpaired) electrons. The van der Waals surface area contributed by atoms with Crippen molar-refractivity contribution in [2.45, 2.75) is 31.3 Å². The molecule has 0 aliphatic heterocycles. The first-order valence-electron chi connectivity index (χ1n) is 4.07. The Hall–Kier alpha value is -0.0500. The lowest BCUT2D eigenvalue weighted by molar-refractivity contribution is -0.109. The summed E-state index contributed by atoms with van der Waals surface area (Å²) < 4.78 is 14.1. The monoisotopic (exact) mass is 246 g/mol. The SMILES string of the molecule is C[C@H](O)[C@H](O)[C@@H](O)[C@@H](O)COP(=O)(O)O. The third-order valence-electron chi connectivity index (χ3n) is 1.65. The summed E-state index contributed by atoms with van der Waals surface area (Å²) in [5.41, 5.74) is 0. The zero-order valence-corrected chi connectivity index (χ0v) is 8.86. The van der Waals surface area contributed by atoms with Crippen LogP contribution in [0, 0.1) is 0 Å². The number of phosphoric ester groups is 1. The minimum atomic E-state index is -4.73. The minimum absolute atomic E-state index is 0.852. The molecule has 0 aromatic carbocycles. The van der Waals surface area contributed by atoms with Crippen molar-refractivity contribution in [3.63, 3.8) is 0 Å². The van der Waals surface area contributed by atoms with E-state index >= 15 is 0 Å². The average molecular weight is 246 g/mol. The summed E-state index contributed by atoms with van der Waals surface area (Å²) in [4.78, 5) is 16.6. The Morgan fingerprint density at radius 3 is 1.93 bits per heavy atom. The fourth-order valence-electron chi connectivity index (χ4n) is 0.785. The predicted octanol–water partition coefficient (Wildman–Crippen LogP) is -2.44. The van der Waals surface area contributed by atoms with Gasteiger partial charge in [-0.2, -0.15) is 0 Å². The summed E-state index contributed by atoms with van der Waals surface area (Å²) in [5, 5.41) is 36.2. The van der Waals surface area contributed by atoms with Crippen molar-refractivity contribution in [1.29, 1.82) is 0 Å². The maximum absolute atomic E-state index is 10.2. The third-order valence-corrected chi connectivity index (χ3v) is 2.14. The number of aliphatic hydroxyl groups excluding tert-OH is 4. The second-order valence-corrected chi connectivity index (χ2v) is 4.31. The van der Waals surface area contributed by atoms with E-state index in [0.29, 0.717) is 0 Å². The molecule has 0 unspecified atom stereocenters. The van der Waals surface area contributed by atoms with Gasteiger partial charge in [0.2, 0.25) is 0 Å². The molecule has 0 bridgehead atoms. The van der Waals surface area contributed by atoms with Crippen LogP contribution >= 0.6 is 7.82 Å². The van der Waals surface area contributed by atoms with Crippen LogP contribution in [-0.4, -0.2) is 61.2 Å². The quantitative estimate of drug-likeness (QED) is 0.283. The van der Waals surface area contributed by atoms with Gasteiger partial charge >= 0.3 is 7.82 Å². The number of rotatable bonds is 6. The van der Waals surface area contributed by atoms with Gasteiger partial charge in [-0.05, 0) is 6.92 Å². The molecular formula is C6H15O8P. The van der Waals surface area contributed by atoms with Crippen molar-refractivity contribution in [3.8, 4) is 0 Å². The van der Waals surface area contributed by atoms with Crippen molar-refractivity contribution in [1.82, 2.24) is 0 Å². The Kier molecular flexibility index (Phi) is 5.86. The topological polar surface area (TPSA) is 148 Å². The van der Waals surface area contributed by atoms with Crippen molar-refractivity contribution in [2.24, 2.45) is 0 Å². The summed E-state index contributed by atoms with van der Waals surface area (Å²) in [6, 6.07) is 0. The van der Waals surface area contributed by atoms with E-state index in [1.807, 2.05) is 0 Å². The van der Waals surface area contributed by atoms with Crippen molar-refractivity contribution in [2.75, 3.05) is 6.61 Å². The van der Waals surface area contributed by atoms with Gasteiger partial charge in [-0.25, -0.2) is 4.57 Å². The zero-order chi connectivity index (χ0) is 12.2. The first-order chi connectivity index (χ1) is 6.65. The number of hydrogen-bond donors (Lipinski definition) is 6. The molecule has 6 N–H and O–H groups in total. The first-order valence-corrected chi connectivity index (χ1v) is 5.60. The summed E-state index contributed by atoms with van der Waals surface area (Å²) in [7, 11) is -4.73. The maximum atomic E-state index is 10.2. The van der Waals surface area contributed by atoms with Gasteiger partial charge in [0, 0.05) is 0 Å². The zero-order valence-electron chi connectivity index (χ0n) is 7.96. The highest BCUT2D eigenvalue weighted by Gasteiger charge is 2.29. The second-order valence-electron chi connectivity index (χ2n) is 3.08. The second kappa shape index (κ2) is 5.88. The first kappa shape index (κ1) is 14.9. The Bertz CT molecular complexity index is 225. The predicted molar refractivity (Wildman–Crippen MR) is 47.7 cm³/mol. The molecule has 0 fully saturated rings. The van der Waals surface area contributed by atoms with Crippen LogP contribution < -0.4 is 0 Å². The summed E-state index contributed by atoms with van der Waals surface area (Å²) in [6.45, 7) is 0.333. The lowest BCUT2D eigenvalue weighted by Crippen LogP contribution is -2.45. The highest BCUT2D eigenvalue weighted by molar-refractivity contribution is 7.46. The largest absolute Gasteiger partial charge is 0.469 e. The number of phosphoric acid groups is 1. The van der Waals surface area contributed by atoms with Gasteiger partial charge in [0.05, 0.1) is 12.7 Å². The summed E-state index contributed by atoms with van der Waals surface area (Å²) in [6.07, 6.45) is -6.37. The molecule has 0 spiro atoms. The summed E-state index contributed by atoms with van der Waals surface area (Å²) in [5.74, 6) is 0. The minimum Gasteiger partial charge on any atom is -0.391 e. The van der Waals surface area contributed by atoms with Crippen LogP contribution in [0.5, 0.6) is 0 Å². The van der Waals surface area contributed by atoms with E-state index in [4.69, 9.17) is 30.2 Å². The number of hydrogen-bond acceptors (Lipinski definition) is 6. The standard InChI is InChI=1S/C6H15O8P/c1-3(7)5(9)6(10)4(8)2-14-15(11,12)13/h3-10H,2H2,1H3,(H2,11,12,13)/t3-,4-,5-,6-/m0/s1. The molecular weight excluding hydrogens is 231 g/mol. The van der Waals surface area contributed by atoms with E-state index in [-0.39, 0.29) is 0 Å². The molecule has 0 heterocycles. The lowest BCUT2D eigenvalue weighted by atomic mass is 10.1. The van der Waals surface area contributed by atoms with E-state index in [2.05, 4.69) is 4.52 Å². The molecule has 9 heteroatoms. The molecule has 0 saturated carbocycles. The van der Waals surface area contributed by atoms with Crippen molar-refractivity contribution < 1.29 is 39.3 Å². The normalized spacial score (nSPS) is 20.7. The Balaban J connectivity index is 4.10. The van der Waals surface area contributed by atoms with Crippen LogP contribution in [0.3, 0.4) is 0 Å². The molecule has 8 nitrogen and oxygen atoms in total. The van der Waals surface area contributed by atoms with Crippen LogP contribution in [0.15, 0.2) is 0 Å². The Morgan fingerprint density at radius 1 is 1.13 bits per heavy atom. The third kappa shape index (κ3) is 6.18. The van der Waals surface area contributed by atoms with E-state index in [9.17, 15) is 4.57 Å². The molecule has 0 aliphatic rings. The van der Waals surface area contributed by atoms with Crippen LogP contribution in [0.1, 0.15) is 6.92 Å². The van der Waals surface area contributed by atoms with Crippen LogP contribution in [0.2, 0.25) is 0 Å². The molecule has 0 aromatic heterocycles. The van der Waals surface area contributed by atoms with Crippen LogP contribution in [-0.2, 0) is 9.09 Å². The van der Waals surface area contributed by atoms with Gasteiger partial charge in [0.15, 0.2) is 0 Å². The van der Waals surface area contributed by atoms with Crippen molar-refractivity contribution >= 4 is 7.82 Å².